The molecule has 27 heavy (non-hydrogen) atoms. The van der Waals surface area contributed by atoms with Gasteiger partial charge in [0, 0.05) is 32.9 Å². The zero-order valence-corrected chi connectivity index (χ0v) is 15.7. The third-order valence-corrected chi connectivity index (χ3v) is 4.87. The van der Waals surface area contributed by atoms with Gasteiger partial charge in [0.25, 0.3) is 6.01 Å². The molecular weight excluding hydrogens is 340 g/mol. The number of hydrogen-bond donors (Lipinski definition) is 1. The zero-order chi connectivity index (χ0) is 18.8. The van der Waals surface area contributed by atoms with Gasteiger partial charge >= 0.3 is 0 Å². The van der Waals surface area contributed by atoms with Gasteiger partial charge in [0.15, 0.2) is 5.58 Å². The molecule has 1 saturated heterocycles. The molecule has 1 aliphatic heterocycles. The molecule has 0 saturated carbocycles. The van der Waals surface area contributed by atoms with Crippen LogP contribution in [0.4, 0.5) is 11.7 Å². The van der Waals surface area contributed by atoms with Crippen LogP contribution in [0.2, 0.25) is 0 Å². The molecule has 0 radical (unpaired) electrons. The topological polar surface area (TPSA) is 61.6 Å². The molecule has 2 aromatic carbocycles. The molecule has 2 heterocycles. The molecule has 0 unspecified atom stereocenters. The van der Waals surface area contributed by atoms with Crippen LogP contribution < -0.4 is 10.2 Å². The van der Waals surface area contributed by atoms with Crippen LogP contribution in [0.1, 0.15) is 24.4 Å². The number of fused-ring (bicyclic) bond motifs is 1. The van der Waals surface area contributed by atoms with E-state index in [0.717, 1.165) is 48.3 Å². The van der Waals surface area contributed by atoms with Gasteiger partial charge in [0.2, 0.25) is 5.91 Å². The quantitative estimate of drug-likeness (QED) is 0.748. The van der Waals surface area contributed by atoms with Gasteiger partial charge in [0.1, 0.15) is 11.6 Å². The van der Waals surface area contributed by atoms with Crippen LogP contribution in [0.5, 0.6) is 0 Å². The lowest BCUT2D eigenvalue weighted by Gasteiger charge is -2.25. The number of likely N-dealkylation sites (tertiary alicyclic amines) is 1. The Morgan fingerprint density at radius 2 is 1.89 bits per heavy atom. The van der Waals surface area contributed by atoms with E-state index in [-0.39, 0.29) is 5.91 Å². The number of nitrogens with one attached hydrogen (secondary N) is 1. The van der Waals surface area contributed by atoms with Gasteiger partial charge in [-0.15, -0.1) is 0 Å². The number of rotatable bonds is 5. The monoisotopic (exact) mass is 364 g/mol. The number of carbonyl (C=O) groups excluding carboxylic acids is 1. The molecule has 1 atom stereocenters. The summed E-state index contributed by atoms with van der Waals surface area (Å²) in [6.45, 7) is 1.66. The van der Waals surface area contributed by atoms with E-state index in [1.807, 2.05) is 72.4 Å². The van der Waals surface area contributed by atoms with Gasteiger partial charge in [-0.1, -0.05) is 30.3 Å². The minimum Gasteiger partial charge on any atom is -0.423 e. The van der Waals surface area contributed by atoms with Crippen molar-refractivity contribution in [2.24, 2.45) is 0 Å². The van der Waals surface area contributed by atoms with Crippen LogP contribution >= 0.6 is 0 Å². The predicted molar refractivity (Wildman–Crippen MR) is 107 cm³/mol. The maximum Gasteiger partial charge on any atom is 0.297 e. The Bertz CT molecular complexity index is 930. The van der Waals surface area contributed by atoms with Gasteiger partial charge in [0.05, 0.1) is 0 Å². The lowest BCUT2D eigenvalue weighted by atomic mass is 10.0. The van der Waals surface area contributed by atoms with E-state index >= 15 is 0 Å². The molecular formula is C21H24N4O2. The van der Waals surface area contributed by atoms with E-state index in [1.54, 1.807) is 0 Å². The smallest absolute Gasteiger partial charge is 0.297 e. The first-order valence-corrected chi connectivity index (χ1v) is 9.30. The van der Waals surface area contributed by atoms with E-state index in [0.29, 0.717) is 6.01 Å². The first-order chi connectivity index (χ1) is 13.1. The normalized spacial score (nSPS) is 15.1. The lowest BCUT2D eigenvalue weighted by molar-refractivity contribution is -0.131. The SMILES string of the molecule is CN(C)c1nc2cc(N[C@@H](C(=O)N3CCCC3)c3ccccc3)ccc2o1. The second-order valence-electron chi connectivity index (χ2n) is 7.09. The van der Waals surface area contributed by atoms with Crippen LogP contribution in [0.3, 0.4) is 0 Å². The van der Waals surface area contributed by atoms with Crippen LogP contribution in [0, 0.1) is 0 Å². The number of oxazole rings is 1. The van der Waals surface area contributed by atoms with Crippen molar-refractivity contribution in [3.05, 3.63) is 54.1 Å². The van der Waals surface area contributed by atoms with Gasteiger partial charge in [-0.25, -0.2) is 0 Å². The zero-order valence-electron chi connectivity index (χ0n) is 15.7. The molecule has 140 valence electrons. The van der Waals surface area contributed by atoms with Gasteiger partial charge in [-0.05, 0) is 36.6 Å². The summed E-state index contributed by atoms with van der Waals surface area (Å²) in [5, 5.41) is 3.42. The van der Waals surface area contributed by atoms with Crippen molar-refractivity contribution in [3.63, 3.8) is 0 Å². The number of anilines is 2. The predicted octanol–water partition coefficient (Wildman–Crippen LogP) is 3.67. The number of aromatic nitrogens is 1. The van der Waals surface area contributed by atoms with Crippen molar-refractivity contribution in [2.75, 3.05) is 37.4 Å². The summed E-state index contributed by atoms with van der Waals surface area (Å²) >= 11 is 0. The number of nitrogens with zero attached hydrogens (tertiary/aromatic N) is 3. The molecule has 1 N–H and O–H groups in total. The molecule has 0 spiro atoms. The summed E-state index contributed by atoms with van der Waals surface area (Å²) < 4.78 is 5.71. The summed E-state index contributed by atoms with van der Waals surface area (Å²) in [5.41, 5.74) is 3.31. The standard InChI is InChI=1S/C21H24N4O2/c1-24(2)21-23-17-14-16(10-11-18(17)27-21)22-19(15-8-4-3-5-9-15)20(26)25-12-6-7-13-25/h3-5,8-11,14,19,22H,6-7,12-13H2,1-2H3/t19-/m1/s1. The number of carbonyl (C=O) groups is 1. The highest BCUT2D eigenvalue weighted by Gasteiger charge is 2.27. The third kappa shape index (κ3) is 3.60. The van der Waals surface area contributed by atoms with Crippen LogP contribution in [0.15, 0.2) is 52.9 Å². The largest absolute Gasteiger partial charge is 0.423 e. The second-order valence-corrected chi connectivity index (χ2v) is 7.09. The van der Waals surface area contributed by atoms with Crippen molar-refractivity contribution in [1.82, 2.24) is 9.88 Å². The molecule has 0 aliphatic carbocycles. The average Bonchev–Trinajstić information content (AvgIpc) is 3.35. The van der Waals surface area contributed by atoms with E-state index in [9.17, 15) is 4.79 Å². The van der Waals surface area contributed by atoms with E-state index in [4.69, 9.17) is 4.42 Å². The number of amides is 1. The fourth-order valence-corrected chi connectivity index (χ4v) is 3.42. The van der Waals surface area contributed by atoms with Crippen molar-refractivity contribution < 1.29 is 9.21 Å². The van der Waals surface area contributed by atoms with Gasteiger partial charge in [-0.2, -0.15) is 4.98 Å². The summed E-state index contributed by atoms with van der Waals surface area (Å²) in [6, 6.07) is 15.8. The molecule has 4 rings (SSSR count). The van der Waals surface area contributed by atoms with Gasteiger partial charge in [-0.3, -0.25) is 4.79 Å². The van der Waals surface area contributed by atoms with Crippen molar-refractivity contribution >= 4 is 28.7 Å². The Hall–Kier alpha value is -3.02. The van der Waals surface area contributed by atoms with E-state index in [1.165, 1.54) is 0 Å². The van der Waals surface area contributed by atoms with Crippen LogP contribution in [0.25, 0.3) is 11.1 Å². The lowest BCUT2D eigenvalue weighted by Crippen LogP contribution is -2.36. The first-order valence-electron chi connectivity index (χ1n) is 9.30. The molecule has 1 amide bonds. The van der Waals surface area contributed by atoms with Crippen molar-refractivity contribution in [3.8, 4) is 0 Å². The maximum atomic E-state index is 13.1. The Balaban J connectivity index is 1.64. The van der Waals surface area contributed by atoms with Crippen molar-refractivity contribution in [1.29, 1.82) is 0 Å². The number of benzene rings is 2. The van der Waals surface area contributed by atoms with Gasteiger partial charge < -0.3 is 19.5 Å². The molecule has 3 aromatic rings. The molecule has 6 heteroatoms. The number of hydrogen-bond acceptors (Lipinski definition) is 5. The average molecular weight is 364 g/mol. The molecule has 1 aliphatic rings. The molecule has 6 nitrogen and oxygen atoms in total. The molecule has 1 aromatic heterocycles. The Morgan fingerprint density at radius 3 is 2.59 bits per heavy atom. The summed E-state index contributed by atoms with van der Waals surface area (Å²) in [4.78, 5) is 21.4. The second kappa shape index (κ2) is 7.31. The van der Waals surface area contributed by atoms with E-state index in [2.05, 4.69) is 10.3 Å². The minimum absolute atomic E-state index is 0.118. The summed E-state index contributed by atoms with van der Waals surface area (Å²) in [6.07, 6.45) is 2.15. The highest BCUT2D eigenvalue weighted by atomic mass is 16.4. The van der Waals surface area contributed by atoms with Crippen LogP contribution in [-0.2, 0) is 4.79 Å². The van der Waals surface area contributed by atoms with E-state index < -0.39 is 6.04 Å². The minimum atomic E-state index is -0.415. The Kier molecular flexibility index (Phi) is 4.71. The first kappa shape index (κ1) is 17.4. The maximum absolute atomic E-state index is 13.1. The fourth-order valence-electron chi connectivity index (χ4n) is 3.42. The Morgan fingerprint density at radius 1 is 1.15 bits per heavy atom. The highest BCUT2D eigenvalue weighted by Crippen LogP contribution is 2.28. The fraction of sp³-hybridized carbons (Fsp3) is 0.333. The Labute approximate surface area is 158 Å². The highest BCUT2D eigenvalue weighted by molar-refractivity contribution is 5.87. The molecule has 1 fully saturated rings. The van der Waals surface area contributed by atoms with Crippen molar-refractivity contribution in [2.45, 2.75) is 18.9 Å². The molecule has 0 bridgehead atoms. The third-order valence-electron chi connectivity index (χ3n) is 4.87. The summed E-state index contributed by atoms with van der Waals surface area (Å²) in [5.74, 6) is 0.118. The summed E-state index contributed by atoms with van der Waals surface area (Å²) in [7, 11) is 3.79. The van der Waals surface area contributed by atoms with Crippen LogP contribution in [-0.4, -0.2) is 43.0 Å².